The van der Waals surface area contributed by atoms with E-state index >= 15 is 0 Å². The average molecular weight is 466 g/mol. The molecule has 1 aliphatic carbocycles. The van der Waals surface area contributed by atoms with Gasteiger partial charge in [0.15, 0.2) is 11.4 Å². The van der Waals surface area contributed by atoms with Crippen LogP contribution >= 0.6 is 0 Å². The predicted octanol–water partition coefficient (Wildman–Crippen LogP) is 1.43. The maximum absolute atomic E-state index is 13.2. The Kier molecular flexibility index (Phi) is 6.70. The van der Waals surface area contributed by atoms with Crippen LogP contribution in [-0.2, 0) is 47.7 Å². The van der Waals surface area contributed by atoms with Crippen LogP contribution in [0.1, 0.15) is 53.9 Å². The maximum atomic E-state index is 13.2. The number of ether oxygens (including phenoxy) is 5. The molecule has 0 bridgehead atoms. The zero-order chi connectivity index (χ0) is 24.7. The first-order valence-corrected chi connectivity index (χ1v) is 10.9. The van der Waals surface area contributed by atoms with Gasteiger partial charge < -0.3 is 23.7 Å². The quantitative estimate of drug-likeness (QED) is 0.253. The van der Waals surface area contributed by atoms with Crippen molar-refractivity contribution in [1.29, 1.82) is 0 Å². The summed E-state index contributed by atoms with van der Waals surface area (Å²) in [5, 5.41) is 0. The molecule has 2 saturated heterocycles. The zero-order valence-electron chi connectivity index (χ0n) is 19.5. The number of rotatable bonds is 5. The highest BCUT2D eigenvalue weighted by atomic mass is 16.7. The second-order valence-corrected chi connectivity index (χ2v) is 9.41. The number of hydrogen-bond acceptors (Lipinski definition) is 10. The van der Waals surface area contributed by atoms with Crippen molar-refractivity contribution in [3.8, 4) is 0 Å². The van der Waals surface area contributed by atoms with E-state index in [1.54, 1.807) is 6.92 Å². The number of Topliss-reactive ketones (excluding diaryl/α,β-unsaturated/α-hetero) is 1. The van der Waals surface area contributed by atoms with E-state index in [1.165, 1.54) is 27.7 Å². The van der Waals surface area contributed by atoms with Gasteiger partial charge in [-0.15, -0.1) is 0 Å². The third kappa shape index (κ3) is 5.10. The number of ketones is 1. The molecule has 33 heavy (non-hydrogen) atoms. The molecule has 0 N–H and O–H groups in total. The molecular weight excluding hydrogens is 436 g/mol. The van der Waals surface area contributed by atoms with Crippen LogP contribution < -0.4 is 0 Å². The van der Waals surface area contributed by atoms with Crippen molar-refractivity contribution >= 4 is 29.7 Å². The highest BCUT2D eigenvalue weighted by molar-refractivity contribution is 5.90. The standard InChI is InChI=1S/C23H30O10/c1-11(2)20(27)30-15-9-23(6,32-13(4)25)16(26)7-8-22(5)19(33-22)18-17(15)14(21(28)31-18)10-29-12(3)24/h14-15,17-19H,1,7-10H2,2-6H3/t14-,15-,17-,18-,19-,22+,23+/m0/s1. The van der Waals surface area contributed by atoms with Crippen LogP contribution in [0.25, 0.3) is 0 Å². The molecule has 1 saturated carbocycles. The summed E-state index contributed by atoms with van der Waals surface area (Å²) in [5.41, 5.74) is -2.25. The van der Waals surface area contributed by atoms with E-state index in [1.807, 2.05) is 0 Å². The summed E-state index contributed by atoms with van der Waals surface area (Å²) in [6.45, 7) is 10.4. The lowest BCUT2D eigenvalue weighted by molar-refractivity contribution is -0.173. The fourth-order valence-electron chi connectivity index (χ4n) is 4.71. The predicted molar refractivity (Wildman–Crippen MR) is 110 cm³/mol. The molecule has 0 radical (unpaired) electrons. The van der Waals surface area contributed by atoms with Gasteiger partial charge in [-0.2, -0.15) is 0 Å². The van der Waals surface area contributed by atoms with E-state index in [2.05, 4.69) is 6.58 Å². The molecule has 0 aromatic rings. The number of epoxide rings is 1. The van der Waals surface area contributed by atoms with Crippen LogP contribution in [0, 0.1) is 11.8 Å². The van der Waals surface area contributed by atoms with E-state index in [0.29, 0.717) is 6.42 Å². The minimum absolute atomic E-state index is 0.0557. The fraction of sp³-hybridized carbons (Fsp3) is 0.696. The van der Waals surface area contributed by atoms with E-state index in [4.69, 9.17) is 23.7 Å². The second kappa shape index (κ2) is 8.89. The van der Waals surface area contributed by atoms with Gasteiger partial charge in [0.25, 0.3) is 0 Å². The number of fused-ring (bicyclic) bond motifs is 3. The van der Waals surface area contributed by atoms with Gasteiger partial charge in [-0.3, -0.25) is 19.2 Å². The molecule has 2 heterocycles. The van der Waals surface area contributed by atoms with Crippen molar-refractivity contribution in [3.05, 3.63) is 12.2 Å². The van der Waals surface area contributed by atoms with Crippen LogP contribution in [0.2, 0.25) is 0 Å². The largest absolute Gasteiger partial charge is 0.465 e. The molecule has 0 aromatic heterocycles. The van der Waals surface area contributed by atoms with Crippen LogP contribution in [0.15, 0.2) is 12.2 Å². The van der Waals surface area contributed by atoms with Gasteiger partial charge in [0.1, 0.15) is 30.8 Å². The highest BCUT2D eigenvalue weighted by Gasteiger charge is 2.66. The van der Waals surface area contributed by atoms with Crippen molar-refractivity contribution in [3.63, 3.8) is 0 Å². The Morgan fingerprint density at radius 3 is 2.36 bits per heavy atom. The number of hydrogen-bond donors (Lipinski definition) is 0. The van der Waals surface area contributed by atoms with Gasteiger partial charge >= 0.3 is 23.9 Å². The van der Waals surface area contributed by atoms with Gasteiger partial charge in [-0.25, -0.2) is 4.79 Å². The molecule has 0 spiro atoms. The van der Waals surface area contributed by atoms with E-state index in [-0.39, 0.29) is 30.8 Å². The molecule has 2 aliphatic heterocycles. The monoisotopic (exact) mass is 466 g/mol. The summed E-state index contributed by atoms with van der Waals surface area (Å²) in [6, 6.07) is 0. The van der Waals surface area contributed by atoms with Gasteiger partial charge in [0.2, 0.25) is 0 Å². The van der Waals surface area contributed by atoms with Crippen LogP contribution in [-0.4, -0.2) is 65.8 Å². The molecule has 3 fully saturated rings. The molecule has 10 heteroatoms. The highest BCUT2D eigenvalue weighted by Crippen LogP contribution is 2.51. The van der Waals surface area contributed by atoms with Crippen molar-refractivity contribution in [2.24, 2.45) is 11.8 Å². The normalized spacial score (nSPS) is 37.7. The second-order valence-electron chi connectivity index (χ2n) is 9.41. The van der Waals surface area contributed by atoms with Crippen molar-refractivity contribution < 1.29 is 47.7 Å². The average Bonchev–Trinajstić information content (AvgIpc) is 3.25. The summed E-state index contributed by atoms with van der Waals surface area (Å²) in [7, 11) is 0. The summed E-state index contributed by atoms with van der Waals surface area (Å²) in [4.78, 5) is 61.8. The molecule has 3 aliphatic rings. The smallest absolute Gasteiger partial charge is 0.333 e. The summed E-state index contributed by atoms with van der Waals surface area (Å²) in [6.07, 6.45) is -2.24. The minimum Gasteiger partial charge on any atom is -0.465 e. The lowest BCUT2D eigenvalue weighted by Crippen LogP contribution is -2.50. The van der Waals surface area contributed by atoms with Crippen molar-refractivity contribution in [2.75, 3.05) is 6.61 Å². The van der Waals surface area contributed by atoms with E-state index in [9.17, 15) is 24.0 Å². The fourth-order valence-corrected chi connectivity index (χ4v) is 4.71. The Hall–Kier alpha value is -2.75. The molecule has 0 amide bonds. The van der Waals surface area contributed by atoms with E-state index in [0.717, 1.165) is 0 Å². The van der Waals surface area contributed by atoms with Crippen molar-refractivity contribution in [2.45, 2.75) is 83.4 Å². The molecular formula is C23H30O10. The zero-order valence-corrected chi connectivity index (χ0v) is 19.5. The first-order valence-electron chi connectivity index (χ1n) is 10.9. The van der Waals surface area contributed by atoms with Gasteiger partial charge in [0, 0.05) is 32.3 Å². The summed E-state index contributed by atoms with van der Waals surface area (Å²) >= 11 is 0. The van der Waals surface area contributed by atoms with Crippen LogP contribution in [0.5, 0.6) is 0 Å². The van der Waals surface area contributed by atoms with E-state index < -0.39 is 65.2 Å². The summed E-state index contributed by atoms with van der Waals surface area (Å²) in [5.74, 6) is -4.76. The van der Waals surface area contributed by atoms with Crippen LogP contribution in [0.3, 0.4) is 0 Å². The SMILES string of the molecule is C=C(C)C(=O)O[C@H]1C[C@@](C)(OC(C)=O)C(=O)CC[C@@]2(C)O[C@H]2[C@H]2OC(=O)[C@@H](COC(C)=O)[C@H]21. The first-order chi connectivity index (χ1) is 15.3. The maximum Gasteiger partial charge on any atom is 0.333 e. The third-order valence-electron chi connectivity index (χ3n) is 6.54. The Morgan fingerprint density at radius 2 is 1.79 bits per heavy atom. The molecule has 10 nitrogen and oxygen atoms in total. The Labute approximate surface area is 191 Å². The topological polar surface area (TPSA) is 135 Å². The molecule has 182 valence electrons. The number of carbonyl (C=O) groups excluding carboxylic acids is 5. The molecule has 0 aromatic carbocycles. The van der Waals surface area contributed by atoms with Gasteiger partial charge in [0.05, 0.1) is 11.5 Å². The molecule has 0 unspecified atom stereocenters. The number of carbonyl (C=O) groups is 5. The molecule has 7 atom stereocenters. The summed E-state index contributed by atoms with van der Waals surface area (Å²) < 4.78 is 27.7. The Balaban J connectivity index is 2.07. The number of esters is 4. The minimum atomic E-state index is -1.62. The van der Waals surface area contributed by atoms with Gasteiger partial charge in [-0.05, 0) is 27.2 Å². The van der Waals surface area contributed by atoms with Crippen LogP contribution in [0.4, 0.5) is 0 Å². The first kappa shape index (κ1) is 24.9. The lowest BCUT2D eigenvalue weighted by Gasteiger charge is -2.36. The van der Waals surface area contributed by atoms with Gasteiger partial charge in [-0.1, -0.05) is 6.58 Å². The third-order valence-corrected chi connectivity index (χ3v) is 6.54. The molecule has 3 rings (SSSR count). The lowest BCUT2D eigenvalue weighted by atomic mass is 9.75. The Morgan fingerprint density at radius 1 is 1.12 bits per heavy atom. The van der Waals surface area contributed by atoms with Crippen molar-refractivity contribution in [1.82, 2.24) is 0 Å². The Bertz CT molecular complexity index is 894.